The van der Waals surface area contributed by atoms with Crippen molar-refractivity contribution in [2.24, 2.45) is 0 Å². The monoisotopic (exact) mass is 411 g/mol. The largest absolute Gasteiger partial charge is 0.497 e. The van der Waals surface area contributed by atoms with Crippen molar-refractivity contribution < 1.29 is 17.9 Å². The molecule has 3 aromatic rings. The molecule has 0 aliphatic rings. The number of aryl methyl sites for hydroxylation is 3. The van der Waals surface area contributed by atoms with Crippen molar-refractivity contribution in [3.63, 3.8) is 0 Å². The summed E-state index contributed by atoms with van der Waals surface area (Å²) in [4.78, 5) is 0.214. The fourth-order valence-electron chi connectivity index (χ4n) is 3.07. The van der Waals surface area contributed by atoms with Crippen molar-refractivity contribution in [3.8, 4) is 11.5 Å². The first-order valence-corrected chi connectivity index (χ1v) is 10.6. The Morgan fingerprint density at radius 3 is 1.83 bits per heavy atom. The van der Waals surface area contributed by atoms with E-state index in [-0.39, 0.29) is 4.90 Å². The topological polar surface area (TPSA) is 55.8 Å². The van der Waals surface area contributed by atoms with Gasteiger partial charge in [-0.2, -0.15) is 0 Å². The van der Waals surface area contributed by atoms with Crippen LogP contribution >= 0.6 is 0 Å². The van der Waals surface area contributed by atoms with E-state index in [1.54, 1.807) is 42.5 Å². The Bertz CT molecular complexity index is 1100. The number of rotatable bonds is 6. The molecule has 0 saturated heterocycles. The first kappa shape index (κ1) is 20.7. The van der Waals surface area contributed by atoms with Gasteiger partial charge in [0.05, 0.1) is 30.5 Å². The summed E-state index contributed by atoms with van der Waals surface area (Å²) in [5.74, 6) is 1.02. The van der Waals surface area contributed by atoms with Gasteiger partial charge in [-0.05, 0) is 50.1 Å². The molecule has 0 aliphatic carbocycles. The number of sulfonamides is 1. The molecule has 0 N–H and O–H groups in total. The highest BCUT2D eigenvalue weighted by molar-refractivity contribution is 7.93. The number of hydrogen-bond acceptors (Lipinski definition) is 4. The molecular weight excluding hydrogens is 386 g/mol. The van der Waals surface area contributed by atoms with E-state index >= 15 is 0 Å². The van der Waals surface area contributed by atoms with Gasteiger partial charge in [0.1, 0.15) is 11.5 Å². The quantitative estimate of drug-likeness (QED) is 0.562. The zero-order valence-electron chi connectivity index (χ0n) is 17.3. The van der Waals surface area contributed by atoms with E-state index < -0.39 is 10.0 Å². The van der Waals surface area contributed by atoms with E-state index in [9.17, 15) is 8.42 Å². The van der Waals surface area contributed by atoms with Gasteiger partial charge in [-0.1, -0.05) is 29.8 Å². The lowest BCUT2D eigenvalue weighted by Gasteiger charge is -2.27. The summed E-state index contributed by atoms with van der Waals surface area (Å²) in [5, 5.41) is 0. The molecule has 3 aromatic carbocycles. The minimum atomic E-state index is -3.89. The third-order valence-corrected chi connectivity index (χ3v) is 6.47. The van der Waals surface area contributed by atoms with Crippen LogP contribution in [-0.4, -0.2) is 22.6 Å². The average molecular weight is 412 g/mol. The molecule has 0 spiro atoms. The Hall–Kier alpha value is -2.99. The Balaban J connectivity index is 2.31. The van der Waals surface area contributed by atoms with E-state index in [2.05, 4.69) is 0 Å². The fourth-order valence-corrected chi connectivity index (χ4v) is 4.60. The van der Waals surface area contributed by atoms with E-state index in [1.807, 2.05) is 39.0 Å². The van der Waals surface area contributed by atoms with Gasteiger partial charge in [0.2, 0.25) is 0 Å². The lowest BCUT2D eigenvalue weighted by molar-refractivity contribution is 0.394. The summed E-state index contributed by atoms with van der Waals surface area (Å²) < 4.78 is 39.6. The summed E-state index contributed by atoms with van der Waals surface area (Å²) in [6, 6.07) is 17.7. The van der Waals surface area contributed by atoms with Gasteiger partial charge in [-0.15, -0.1) is 0 Å². The van der Waals surface area contributed by atoms with Gasteiger partial charge in [0.25, 0.3) is 10.0 Å². The smallest absolute Gasteiger partial charge is 0.268 e. The summed E-state index contributed by atoms with van der Waals surface area (Å²) in [6.45, 7) is 5.75. The molecule has 0 atom stereocenters. The van der Waals surface area contributed by atoms with Gasteiger partial charge in [0, 0.05) is 18.2 Å². The first-order valence-electron chi connectivity index (χ1n) is 9.18. The van der Waals surface area contributed by atoms with Gasteiger partial charge in [-0.25, -0.2) is 12.7 Å². The maximum Gasteiger partial charge on any atom is 0.268 e. The van der Waals surface area contributed by atoms with Gasteiger partial charge < -0.3 is 9.47 Å². The van der Waals surface area contributed by atoms with Crippen LogP contribution in [0.15, 0.2) is 65.6 Å². The van der Waals surface area contributed by atoms with E-state index in [0.717, 1.165) is 16.7 Å². The fraction of sp³-hybridized carbons (Fsp3) is 0.217. The molecule has 0 radical (unpaired) electrons. The molecule has 0 unspecified atom stereocenters. The Kier molecular flexibility index (Phi) is 5.84. The Labute approximate surface area is 172 Å². The number of ether oxygens (including phenoxy) is 2. The normalized spacial score (nSPS) is 11.2. The first-order chi connectivity index (χ1) is 13.8. The highest BCUT2D eigenvalue weighted by atomic mass is 32.2. The van der Waals surface area contributed by atoms with Crippen molar-refractivity contribution in [3.05, 3.63) is 77.4 Å². The molecule has 6 heteroatoms. The van der Waals surface area contributed by atoms with Crippen LogP contribution < -0.4 is 13.8 Å². The van der Waals surface area contributed by atoms with Crippen LogP contribution in [0, 0.1) is 20.8 Å². The van der Waals surface area contributed by atoms with Crippen molar-refractivity contribution in [2.75, 3.05) is 18.5 Å². The van der Waals surface area contributed by atoms with Crippen LogP contribution in [0.2, 0.25) is 0 Å². The van der Waals surface area contributed by atoms with E-state index in [0.29, 0.717) is 22.9 Å². The SMILES string of the molecule is COc1cc(OC)cc(N(c2cc(C)ccc2C)S(=O)(=O)c2ccc(C)cc2)c1. The van der Waals surface area contributed by atoms with Crippen LogP contribution in [0.5, 0.6) is 11.5 Å². The van der Waals surface area contributed by atoms with Crippen LogP contribution in [0.1, 0.15) is 16.7 Å². The number of anilines is 2. The summed E-state index contributed by atoms with van der Waals surface area (Å²) in [7, 11) is -0.817. The Morgan fingerprint density at radius 1 is 0.724 bits per heavy atom. The maximum atomic E-state index is 13.8. The summed E-state index contributed by atoms with van der Waals surface area (Å²) >= 11 is 0. The van der Waals surface area contributed by atoms with Crippen LogP contribution in [0.4, 0.5) is 11.4 Å². The molecule has 0 fully saturated rings. The zero-order valence-corrected chi connectivity index (χ0v) is 18.1. The lowest BCUT2D eigenvalue weighted by atomic mass is 10.1. The number of nitrogens with zero attached hydrogens (tertiary/aromatic N) is 1. The second-order valence-corrected chi connectivity index (χ2v) is 8.73. The van der Waals surface area contributed by atoms with Crippen LogP contribution in [0.25, 0.3) is 0 Å². The Morgan fingerprint density at radius 2 is 1.28 bits per heavy atom. The van der Waals surface area contributed by atoms with Gasteiger partial charge >= 0.3 is 0 Å². The lowest BCUT2D eigenvalue weighted by Crippen LogP contribution is -2.27. The maximum absolute atomic E-state index is 13.8. The zero-order chi connectivity index (χ0) is 21.2. The van der Waals surface area contributed by atoms with E-state index in [1.165, 1.54) is 18.5 Å². The predicted molar refractivity (Wildman–Crippen MR) is 116 cm³/mol. The van der Waals surface area contributed by atoms with Crippen molar-refractivity contribution >= 4 is 21.4 Å². The van der Waals surface area contributed by atoms with Crippen LogP contribution in [0.3, 0.4) is 0 Å². The molecule has 0 amide bonds. The van der Waals surface area contributed by atoms with Crippen molar-refractivity contribution in [1.82, 2.24) is 0 Å². The molecule has 3 rings (SSSR count). The molecule has 0 saturated carbocycles. The standard InChI is InChI=1S/C23H25NO4S/c1-16-7-10-22(11-8-16)29(25,26)24(23-12-17(2)6-9-18(23)3)19-13-20(27-4)15-21(14-19)28-5/h6-15H,1-5H3. The number of methoxy groups -OCH3 is 2. The second kappa shape index (κ2) is 8.17. The number of benzene rings is 3. The highest BCUT2D eigenvalue weighted by Gasteiger charge is 2.29. The highest BCUT2D eigenvalue weighted by Crippen LogP contribution is 2.38. The molecule has 0 bridgehead atoms. The predicted octanol–water partition coefficient (Wildman–Crippen LogP) is 5.16. The second-order valence-electron chi connectivity index (χ2n) is 6.94. The molecule has 0 aromatic heterocycles. The number of hydrogen-bond donors (Lipinski definition) is 0. The molecule has 0 heterocycles. The summed E-state index contributed by atoms with van der Waals surface area (Å²) in [5.41, 5.74) is 3.82. The molecular formula is C23H25NO4S. The van der Waals surface area contributed by atoms with Gasteiger partial charge in [-0.3, -0.25) is 0 Å². The molecule has 5 nitrogen and oxygen atoms in total. The average Bonchev–Trinajstić information content (AvgIpc) is 2.70. The van der Waals surface area contributed by atoms with Crippen molar-refractivity contribution in [1.29, 1.82) is 0 Å². The molecule has 152 valence electrons. The third kappa shape index (κ3) is 4.22. The van der Waals surface area contributed by atoms with E-state index in [4.69, 9.17) is 9.47 Å². The minimum absolute atomic E-state index is 0.214. The summed E-state index contributed by atoms with van der Waals surface area (Å²) in [6.07, 6.45) is 0. The minimum Gasteiger partial charge on any atom is -0.497 e. The van der Waals surface area contributed by atoms with Crippen molar-refractivity contribution in [2.45, 2.75) is 25.7 Å². The third-order valence-electron chi connectivity index (χ3n) is 4.71. The molecule has 0 aliphatic heterocycles. The molecule has 29 heavy (non-hydrogen) atoms. The van der Waals surface area contributed by atoms with Crippen LogP contribution in [-0.2, 0) is 10.0 Å². The van der Waals surface area contributed by atoms with Gasteiger partial charge in [0.15, 0.2) is 0 Å².